The van der Waals surface area contributed by atoms with Gasteiger partial charge in [-0.25, -0.2) is 26.9 Å². The van der Waals surface area contributed by atoms with Crippen LogP contribution in [-0.4, -0.2) is 40.3 Å². The number of imidazole rings is 1. The van der Waals surface area contributed by atoms with Crippen LogP contribution in [0, 0.1) is 25.6 Å². The zero-order chi connectivity index (χ0) is 32.6. The maximum absolute atomic E-state index is 13.6. The minimum atomic E-state index is -2.80. The van der Waals surface area contributed by atoms with E-state index in [-0.39, 0.29) is 28.6 Å². The summed E-state index contributed by atoms with van der Waals surface area (Å²) in [5, 5.41) is 8.37. The second-order valence-corrected chi connectivity index (χ2v) is 11.4. The number of carbonyl (C=O) groups is 2. The Balaban J connectivity index is 1.42. The molecule has 14 heteroatoms. The normalized spacial score (nSPS) is 14.4. The molecule has 3 N–H and O–H groups in total. The molecule has 8 nitrogen and oxygen atoms in total. The molecule has 1 aromatic heterocycles. The third kappa shape index (κ3) is 6.98. The quantitative estimate of drug-likeness (QED) is 0.157. The molecule has 0 spiro atoms. The number of nitrogens with zero attached hydrogens (tertiary/aromatic N) is 2. The van der Waals surface area contributed by atoms with Gasteiger partial charge >= 0.3 is 0 Å². The molecule has 0 saturated heterocycles. The average molecular weight is 650 g/mol. The molecule has 1 aliphatic rings. The van der Waals surface area contributed by atoms with Crippen molar-refractivity contribution in [3.8, 4) is 5.75 Å². The summed E-state index contributed by atoms with van der Waals surface area (Å²) >= 11 is 5.82. The maximum Gasteiger partial charge on any atom is 0.272 e. The molecular weight excluding hydrogens is 621 g/mol. The van der Waals surface area contributed by atoms with Crippen LogP contribution in [0.1, 0.15) is 39.9 Å². The van der Waals surface area contributed by atoms with Gasteiger partial charge in [-0.15, -0.1) is 0 Å². The highest BCUT2D eigenvalue weighted by Crippen LogP contribution is 2.42. The molecule has 4 aromatic rings. The summed E-state index contributed by atoms with van der Waals surface area (Å²) in [7, 11) is 1.69. The number of hydrogen-bond donors (Lipinski definition) is 3. The number of carbonyl (C=O) groups excluding carboxylic acids is 2. The summed E-state index contributed by atoms with van der Waals surface area (Å²) < 4.78 is 73.1. The second-order valence-electron chi connectivity index (χ2n) is 11.0. The Labute approximate surface area is 259 Å². The van der Waals surface area contributed by atoms with Crippen LogP contribution in [-0.2, 0) is 18.4 Å². The molecule has 1 heterocycles. The Kier molecular flexibility index (Phi) is 8.92. The van der Waals surface area contributed by atoms with Gasteiger partial charge in [0.05, 0.1) is 21.6 Å². The first kappa shape index (κ1) is 32.0. The molecule has 0 atom stereocenters. The van der Waals surface area contributed by atoms with E-state index in [0.717, 1.165) is 22.8 Å². The first-order valence-electron chi connectivity index (χ1n) is 13.9. The van der Waals surface area contributed by atoms with Gasteiger partial charge in [-0.1, -0.05) is 23.7 Å². The van der Waals surface area contributed by atoms with Gasteiger partial charge in [-0.3, -0.25) is 9.59 Å². The monoisotopic (exact) mass is 649 g/mol. The molecule has 0 unspecified atom stereocenters. The summed E-state index contributed by atoms with van der Waals surface area (Å²) in [6.45, 7) is 2.91. The van der Waals surface area contributed by atoms with Crippen LogP contribution in [0.25, 0.3) is 11.0 Å². The molecule has 0 bridgehead atoms. The van der Waals surface area contributed by atoms with Crippen molar-refractivity contribution in [1.29, 1.82) is 0 Å². The predicted octanol–water partition coefficient (Wildman–Crippen LogP) is 7.28. The third-order valence-corrected chi connectivity index (χ3v) is 8.00. The molecule has 2 amide bonds. The lowest BCUT2D eigenvalue weighted by Gasteiger charge is -2.33. The van der Waals surface area contributed by atoms with Gasteiger partial charge in [0.1, 0.15) is 18.2 Å². The molecule has 1 saturated carbocycles. The topological polar surface area (TPSA) is 97.3 Å². The SMILES string of the molecule is Cc1ccc(CNC(=O)C2CC(F)(F)C2)c(C)c1Nc1nc2cc(C(=O)Nc3ccc(F)c(Cl)c3)c(OCC(F)F)cc2n1C. The van der Waals surface area contributed by atoms with Gasteiger partial charge < -0.3 is 25.3 Å². The predicted molar refractivity (Wildman–Crippen MR) is 160 cm³/mol. The molecule has 238 valence electrons. The second kappa shape index (κ2) is 12.5. The van der Waals surface area contributed by atoms with Crippen LogP contribution >= 0.6 is 11.6 Å². The van der Waals surface area contributed by atoms with Crippen molar-refractivity contribution in [1.82, 2.24) is 14.9 Å². The number of amides is 2. The van der Waals surface area contributed by atoms with E-state index in [0.29, 0.717) is 22.7 Å². The minimum absolute atomic E-state index is 0.0810. The fraction of sp³-hybridized carbons (Fsp3) is 0.323. The lowest BCUT2D eigenvalue weighted by atomic mass is 9.81. The first-order valence-corrected chi connectivity index (χ1v) is 14.3. The van der Waals surface area contributed by atoms with E-state index in [9.17, 15) is 31.5 Å². The van der Waals surface area contributed by atoms with E-state index < -0.39 is 55.3 Å². The van der Waals surface area contributed by atoms with E-state index >= 15 is 0 Å². The highest BCUT2D eigenvalue weighted by Gasteiger charge is 2.48. The molecule has 1 fully saturated rings. The molecule has 5 rings (SSSR count). The van der Waals surface area contributed by atoms with Crippen LogP contribution < -0.4 is 20.7 Å². The maximum atomic E-state index is 13.6. The molecular formula is C31H29ClF5N5O3. The summed E-state index contributed by atoms with van der Waals surface area (Å²) in [5.41, 5.74) is 4.03. The van der Waals surface area contributed by atoms with Crippen molar-refractivity contribution in [2.75, 3.05) is 17.2 Å². The largest absolute Gasteiger partial charge is 0.487 e. The van der Waals surface area contributed by atoms with E-state index in [4.69, 9.17) is 16.3 Å². The number of ether oxygens (including phenoxy) is 1. The Hall–Kier alpha value is -4.39. The Bertz CT molecular complexity index is 1790. The number of aryl methyl sites for hydroxylation is 2. The zero-order valence-electron chi connectivity index (χ0n) is 24.4. The van der Waals surface area contributed by atoms with E-state index in [1.54, 1.807) is 11.6 Å². The number of benzene rings is 3. The van der Waals surface area contributed by atoms with Gasteiger partial charge in [0.2, 0.25) is 17.8 Å². The van der Waals surface area contributed by atoms with Crippen molar-refractivity contribution in [2.24, 2.45) is 13.0 Å². The van der Waals surface area contributed by atoms with Crippen LogP contribution in [0.3, 0.4) is 0 Å². The minimum Gasteiger partial charge on any atom is -0.487 e. The zero-order valence-corrected chi connectivity index (χ0v) is 25.2. The number of hydrogen-bond acceptors (Lipinski definition) is 5. The Morgan fingerprint density at radius 2 is 1.87 bits per heavy atom. The Morgan fingerprint density at radius 3 is 2.53 bits per heavy atom. The number of alkyl halides is 4. The van der Waals surface area contributed by atoms with Crippen LogP contribution in [0.2, 0.25) is 5.02 Å². The summed E-state index contributed by atoms with van der Waals surface area (Å²) in [6, 6.07) is 10.1. The van der Waals surface area contributed by atoms with Crippen molar-refractivity contribution < 1.29 is 36.3 Å². The lowest BCUT2D eigenvalue weighted by Crippen LogP contribution is -2.44. The molecule has 0 aliphatic heterocycles. The van der Waals surface area contributed by atoms with Gasteiger partial charge in [0.25, 0.3) is 12.3 Å². The number of nitrogens with one attached hydrogen (secondary N) is 3. The summed E-state index contributed by atoms with van der Waals surface area (Å²) in [4.78, 5) is 30.1. The highest BCUT2D eigenvalue weighted by molar-refractivity contribution is 6.31. The van der Waals surface area contributed by atoms with Crippen LogP contribution in [0.5, 0.6) is 5.75 Å². The molecule has 0 radical (unpaired) electrons. The number of rotatable bonds is 10. The summed E-state index contributed by atoms with van der Waals surface area (Å²) in [6.07, 6.45) is -3.71. The fourth-order valence-electron chi connectivity index (χ4n) is 5.11. The van der Waals surface area contributed by atoms with Crippen molar-refractivity contribution in [2.45, 2.75) is 45.6 Å². The Morgan fingerprint density at radius 1 is 1.13 bits per heavy atom. The van der Waals surface area contributed by atoms with Crippen LogP contribution in [0.4, 0.5) is 39.3 Å². The third-order valence-electron chi connectivity index (χ3n) is 7.71. The number of fused-ring (bicyclic) bond motifs is 1. The van der Waals surface area contributed by atoms with E-state index in [2.05, 4.69) is 20.9 Å². The number of halogens is 6. The van der Waals surface area contributed by atoms with Gasteiger partial charge in [0.15, 0.2) is 0 Å². The highest BCUT2D eigenvalue weighted by atomic mass is 35.5. The van der Waals surface area contributed by atoms with Gasteiger partial charge in [-0.2, -0.15) is 0 Å². The summed E-state index contributed by atoms with van der Waals surface area (Å²) in [5.74, 6) is -5.06. The molecule has 45 heavy (non-hydrogen) atoms. The number of anilines is 3. The standard InChI is InChI=1S/C31H29ClF5N5O3/c1-15-4-5-17(13-38-28(43)18-11-31(36,37)12-18)16(2)27(15)41-30-40-23-9-20(25(45-14-26(34)35)10-24(23)42(30)3)29(44)39-19-6-7-22(33)21(32)8-19/h4-10,18,26H,11-14H2,1-3H3,(H,38,43)(H,39,44)(H,40,41). The lowest BCUT2D eigenvalue weighted by molar-refractivity contribution is -0.150. The smallest absolute Gasteiger partial charge is 0.272 e. The van der Waals surface area contributed by atoms with Gasteiger partial charge in [0, 0.05) is 49.8 Å². The molecule has 3 aromatic carbocycles. The van der Waals surface area contributed by atoms with E-state index in [1.165, 1.54) is 24.3 Å². The van der Waals surface area contributed by atoms with Crippen molar-refractivity contribution >= 4 is 51.8 Å². The van der Waals surface area contributed by atoms with Gasteiger partial charge in [-0.05, 0) is 54.8 Å². The van der Waals surface area contributed by atoms with Crippen LogP contribution in [0.15, 0.2) is 42.5 Å². The van der Waals surface area contributed by atoms with Crippen molar-refractivity contribution in [3.63, 3.8) is 0 Å². The van der Waals surface area contributed by atoms with Crippen molar-refractivity contribution in [3.05, 3.63) is 75.6 Å². The number of aromatic nitrogens is 2. The first-order chi connectivity index (χ1) is 21.2. The average Bonchev–Trinajstić information content (AvgIpc) is 3.27. The molecule has 1 aliphatic carbocycles. The fourth-order valence-corrected chi connectivity index (χ4v) is 5.29. The van der Waals surface area contributed by atoms with E-state index in [1.807, 2.05) is 26.0 Å².